The summed E-state index contributed by atoms with van der Waals surface area (Å²) in [6.07, 6.45) is -4.45. The molecule has 1 amide bonds. The van der Waals surface area contributed by atoms with Gasteiger partial charge in [-0.15, -0.1) is 0 Å². The summed E-state index contributed by atoms with van der Waals surface area (Å²) in [4.78, 5) is 12.3. The molecule has 0 aliphatic rings. The lowest BCUT2D eigenvalue weighted by molar-refractivity contribution is -0.137. The molecule has 28 heavy (non-hydrogen) atoms. The molecule has 0 saturated carbocycles. The smallest absolute Gasteiger partial charge is 0.348 e. The number of nitrogens with zero attached hydrogens (tertiary/aromatic N) is 1. The number of benzene rings is 2. The van der Waals surface area contributed by atoms with E-state index >= 15 is 0 Å². The van der Waals surface area contributed by atoms with Crippen LogP contribution in [0.2, 0.25) is 0 Å². The summed E-state index contributed by atoms with van der Waals surface area (Å²) in [5, 5.41) is 2.53. The zero-order valence-corrected chi connectivity index (χ0v) is 16.3. The highest BCUT2D eigenvalue weighted by molar-refractivity contribution is 7.89. The Kier molecular flexibility index (Phi) is 6.84. The lowest BCUT2D eigenvalue weighted by Crippen LogP contribution is -2.30. The Labute approximate surface area is 162 Å². The van der Waals surface area contributed by atoms with E-state index < -0.39 is 27.7 Å². The predicted octanol–water partition coefficient (Wildman–Crippen LogP) is 3.67. The lowest BCUT2D eigenvalue weighted by atomic mass is 10.1. The highest BCUT2D eigenvalue weighted by Crippen LogP contribution is 2.29. The van der Waals surface area contributed by atoms with Gasteiger partial charge >= 0.3 is 6.18 Å². The monoisotopic (exact) mass is 414 g/mol. The van der Waals surface area contributed by atoms with Crippen LogP contribution in [0.5, 0.6) is 0 Å². The van der Waals surface area contributed by atoms with Crippen LogP contribution in [0, 0.1) is 0 Å². The maximum Gasteiger partial charge on any atom is 0.416 e. The fourth-order valence-electron chi connectivity index (χ4n) is 2.63. The number of halogens is 3. The average molecular weight is 414 g/mol. The average Bonchev–Trinajstić information content (AvgIpc) is 2.66. The third-order valence-electron chi connectivity index (χ3n) is 4.17. The normalized spacial score (nSPS) is 12.2. The van der Waals surface area contributed by atoms with Crippen molar-refractivity contribution in [1.29, 1.82) is 0 Å². The van der Waals surface area contributed by atoms with Gasteiger partial charge in [0, 0.05) is 25.2 Å². The molecular formula is C19H21F3N2O3S. The van der Waals surface area contributed by atoms with E-state index in [9.17, 15) is 26.4 Å². The first-order chi connectivity index (χ1) is 13.1. The fourth-order valence-corrected chi connectivity index (χ4v) is 4.09. The summed E-state index contributed by atoms with van der Waals surface area (Å²) in [7, 11) is -3.62. The molecule has 152 valence electrons. The molecule has 0 atom stereocenters. The highest BCUT2D eigenvalue weighted by Gasteiger charge is 2.30. The number of rotatable bonds is 7. The molecule has 9 heteroatoms. The molecule has 0 saturated heterocycles. The van der Waals surface area contributed by atoms with Gasteiger partial charge in [0.1, 0.15) is 0 Å². The van der Waals surface area contributed by atoms with Gasteiger partial charge in [0.25, 0.3) is 5.91 Å². The van der Waals surface area contributed by atoms with Gasteiger partial charge in [0.05, 0.1) is 10.5 Å². The van der Waals surface area contributed by atoms with Gasteiger partial charge in [-0.2, -0.15) is 17.5 Å². The topological polar surface area (TPSA) is 66.5 Å². The van der Waals surface area contributed by atoms with E-state index in [2.05, 4.69) is 5.32 Å². The molecule has 0 heterocycles. The minimum atomic E-state index is -4.45. The van der Waals surface area contributed by atoms with Gasteiger partial charge in [0.15, 0.2) is 0 Å². The summed E-state index contributed by atoms with van der Waals surface area (Å²) in [5.74, 6) is -0.510. The molecule has 0 fully saturated rings. The maximum absolute atomic E-state index is 12.7. The van der Waals surface area contributed by atoms with Crippen LogP contribution in [0.1, 0.15) is 35.3 Å². The van der Waals surface area contributed by atoms with Crippen LogP contribution in [0.15, 0.2) is 53.4 Å². The van der Waals surface area contributed by atoms with E-state index in [1.807, 2.05) is 0 Å². The van der Waals surface area contributed by atoms with E-state index in [-0.39, 0.29) is 17.0 Å². The van der Waals surface area contributed by atoms with E-state index in [1.54, 1.807) is 13.8 Å². The van der Waals surface area contributed by atoms with Crippen molar-refractivity contribution in [2.45, 2.75) is 31.5 Å². The highest BCUT2D eigenvalue weighted by atomic mass is 32.2. The third kappa shape index (κ3) is 5.11. The van der Waals surface area contributed by atoms with E-state index in [0.29, 0.717) is 18.7 Å². The second-order valence-electron chi connectivity index (χ2n) is 5.99. The summed E-state index contributed by atoms with van der Waals surface area (Å²) in [6, 6.07) is 10.1. The Balaban J connectivity index is 2.08. The number of nitrogens with one attached hydrogen (secondary N) is 1. The maximum atomic E-state index is 12.7. The van der Waals surface area contributed by atoms with E-state index in [0.717, 1.165) is 12.1 Å². The number of sulfonamides is 1. The number of hydrogen-bond donors (Lipinski definition) is 1. The number of hydrogen-bond acceptors (Lipinski definition) is 3. The van der Waals surface area contributed by atoms with Crippen molar-refractivity contribution in [2.24, 2.45) is 0 Å². The van der Waals surface area contributed by atoms with Crippen molar-refractivity contribution in [2.75, 3.05) is 13.1 Å². The zero-order valence-electron chi connectivity index (χ0n) is 15.5. The first kappa shape index (κ1) is 21.9. The van der Waals surface area contributed by atoms with Crippen molar-refractivity contribution >= 4 is 15.9 Å². The van der Waals surface area contributed by atoms with Crippen molar-refractivity contribution in [3.8, 4) is 0 Å². The molecule has 1 N–H and O–H groups in total. The Morgan fingerprint density at radius 1 is 1.04 bits per heavy atom. The second-order valence-corrected chi connectivity index (χ2v) is 7.93. The van der Waals surface area contributed by atoms with Crippen LogP contribution in [0.25, 0.3) is 0 Å². The van der Waals surface area contributed by atoms with Crippen molar-refractivity contribution in [3.05, 3.63) is 65.2 Å². The summed E-state index contributed by atoms with van der Waals surface area (Å²) in [6.45, 7) is 4.05. The predicted molar refractivity (Wildman–Crippen MR) is 99.2 cm³/mol. The number of amides is 1. The van der Waals surface area contributed by atoms with E-state index in [1.165, 1.54) is 40.7 Å². The van der Waals surface area contributed by atoms with Gasteiger partial charge < -0.3 is 5.32 Å². The Morgan fingerprint density at radius 3 is 2.18 bits per heavy atom. The van der Waals surface area contributed by atoms with Crippen LogP contribution in [-0.4, -0.2) is 31.7 Å². The minimum absolute atomic E-state index is 0.0747. The van der Waals surface area contributed by atoms with Gasteiger partial charge in [-0.05, 0) is 42.0 Å². The second kappa shape index (κ2) is 8.74. The molecule has 0 bridgehead atoms. The molecule has 0 unspecified atom stereocenters. The Morgan fingerprint density at radius 2 is 1.64 bits per heavy atom. The molecule has 2 rings (SSSR count). The van der Waals surface area contributed by atoms with Gasteiger partial charge in [-0.3, -0.25) is 4.79 Å². The first-order valence-corrected chi connectivity index (χ1v) is 10.1. The van der Waals surface area contributed by atoms with Crippen molar-refractivity contribution in [3.63, 3.8) is 0 Å². The lowest BCUT2D eigenvalue weighted by Gasteiger charge is -2.18. The number of carbonyl (C=O) groups is 1. The summed E-state index contributed by atoms with van der Waals surface area (Å²) >= 11 is 0. The third-order valence-corrected chi connectivity index (χ3v) is 6.23. The standard InChI is InChI=1S/C19H21F3N2O3S/c1-3-24(4-2)28(26,27)17-10-8-15(9-11-17)18(25)23-13-14-6-5-7-16(12-14)19(20,21)22/h5-12H,3-4,13H2,1-2H3,(H,23,25). The van der Waals surface area contributed by atoms with Crippen molar-refractivity contribution < 1.29 is 26.4 Å². The molecule has 2 aromatic carbocycles. The molecule has 0 aliphatic carbocycles. The van der Waals surface area contributed by atoms with Gasteiger partial charge in [-0.25, -0.2) is 8.42 Å². The van der Waals surface area contributed by atoms with Crippen LogP contribution in [0.3, 0.4) is 0 Å². The molecule has 0 radical (unpaired) electrons. The van der Waals surface area contributed by atoms with Gasteiger partial charge in [0.2, 0.25) is 10.0 Å². The van der Waals surface area contributed by atoms with Crippen molar-refractivity contribution in [1.82, 2.24) is 9.62 Å². The summed E-state index contributed by atoms with van der Waals surface area (Å²) in [5.41, 5.74) is -0.264. The molecule has 0 aromatic heterocycles. The number of carbonyl (C=O) groups excluding carboxylic acids is 1. The molecule has 0 aliphatic heterocycles. The first-order valence-electron chi connectivity index (χ1n) is 8.64. The minimum Gasteiger partial charge on any atom is -0.348 e. The van der Waals surface area contributed by atoms with Crippen LogP contribution in [-0.2, 0) is 22.7 Å². The van der Waals surface area contributed by atoms with Crippen LogP contribution in [0.4, 0.5) is 13.2 Å². The largest absolute Gasteiger partial charge is 0.416 e. The Hall–Kier alpha value is -2.39. The van der Waals surface area contributed by atoms with Gasteiger partial charge in [-0.1, -0.05) is 26.0 Å². The Bertz CT molecular complexity index is 922. The summed E-state index contributed by atoms with van der Waals surface area (Å²) < 4.78 is 64.4. The van der Waals surface area contributed by atoms with Crippen LogP contribution >= 0.6 is 0 Å². The van der Waals surface area contributed by atoms with Crippen LogP contribution < -0.4 is 5.32 Å². The van der Waals surface area contributed by atoms with E-state index in [4.69, 9.17) is 0 Å². The molecule has 0 spiro atoms. The molecular weight excluding hydrogens is 393 g/mol. The molecule has 2 aromatic rings. The SMILES string of the molecule is CCN(CC)S(=O)(=O)c1ccc(C(=O)NCc2cccc(C(F)(F)F)c2)cc1. The molecule has 5 nitrogen and oxygen atoms in total. The quantitative estimate of drug-likeness (QED) is 0.752. The number of alkyl halides is 3. The zero-order chi connectivity index (χ0) is 20.9. The fraction of sp³-hybridized carbons (Fsp3) is 0.316.